The summed E-state index contributed by atoms with van der Waals surface area (Å²) in [6.07, 6.45) is 2.53. The Morgan fingerprint density at radius 2 is 1.95 bits per heavy atom. The first kappa shape index (κ1) is 15.3. The Bertz CT molecular complexity index is 418. The largest absolute Gasteiger partial charge is 0.490 e. The van der Waals surface area contributed by atoms with Crippen LogP contribution in [0.4, 0.5) is 0 Å². The zero-order chi connectivity index (χ0) is 14.6. The lowest BCUT2D eigenvalue weighted by Gasteiger charge is -2.41. The van der Waals surface area contributed by atoms with Gasteiger partial charge >= 0.3 is 0 Å². The Labute approximate surface area is 120 Å². The zero-order valence-corrected chi connectivity index (χ0v) is 12.4. The van der Waals surface area contributed by atoms with Gasteiger partial charge in [0.05, 0.1) is 6.61 Å². The highest BCUT2D eigenvalue weighted by Crippen LogP contribution is 2.31. The summed E-state index contributed by atoms with van der Waals surface area (Å²) in [6, 6.07) is 6.00. The summed E-state index contributed by atoms with van der Waals surface area (Å²) < 4.78 is 5.73. The van der Waals surface area contributed by atoms with Gasteiger partial charge in [0.1, 0.15) is 18.5 Å². The summed E-state index contributed by atoms with van der Waals surface area (Å²) in [4.78, 5) is 0. The normalized spacial score (nSPS) is 18.4. The van der Waals surface area contributed by atoms with Gasteiger partial charge in [-0.25, -0.2) is 0 Å². The number of nitrogens with one attached hydrogen (secondary N) is 1. The molecule has 0 aliphatic heterocycles. The van der Waals surface area contributed by atoms with Crippen molar-refractivity contribution in [1.82, 2.24) is 5.32 Å². The van der Waals surface area contributed by atoms with Crippen LogP contribution in [0.5, 0.6) is 5.75 Å². The SMILES string of the molecule is Cc1cccc(C)c1OCC(O)CNC1(CO)CCC1. The number of β-amino-alcohol motifs (C(OH)–C–C–N with tert-alkyl or cyclic N) is 1. The van der Waals surface area contributed by atoms with Gasteiger partial charge in [-0.05, 0) is 44.2 Å². The molecule has 1 saturated carbocycles. The first-order valence-corrected chi connectivity index (χ1v) is 7.29. The molecular formula is C16H25NO3. The fourth-order valence-corrected chi connectivity index (χ4v) is 2.59. The zero-order valence-electron chi connectivity index (χ0n) is 12.4. The van der Waals surface area contributed by atoms with Crippen molar-refractivity contribution in [2.45, 2.75) is 44.8 Å². The predicted octanol–water partition coefficient (Wildman–Crippen LogP) is 1.55. The topological polar surface area (TPSA) is 61.7 Å². The van der Waals surface area contributed by atoms with E-state index in [1.165, 1.54) is 0 Å². The second kappa shape index (κ2) is 6.57. The van der Waals surface area contributed by atoms with Gasteiger partial charge in [-0.15, -0.1) is 0 Å². The molecule has 1 aliphatic carbocycles. The smallest absolute Gasteiger partial charge is 0.125 e. The maximum absolute atomic E-state index is 10.0. The summed E-state index contributed by atoms with van der Waals surface area (Å²) in [7, 11) is 0. The van der Waals surface area contributed by atoms with Crippen molar-refractivity contribution in [3.05, 3.63) is 29.3 Å². The molecular weight excluding hydrogens is 254 g/mol. The van der Waals surface area contributed by atoms with Gasteiger partial charge in [-0.2, -0.15) is 0 Å². The molecule has 4 nitrogen and oxygen atoms in total. The first-order chi connectivity index (χ1) is 9.56. The third-order valence-corrected chi connectivity index (χ3v) is 4.15. The molecule has 4 heteroatoms. The van der Waals surface area contributed by atoms with Crippen LogP contribution in [-0.2, 0) is 0 Å². The molecule has 1 aliphatic rings. The summed E-state index contributed by atoms with van der Waals surface area (Å²) in [5.41, 5.74) is 1.99. The minimum Gasteiger partial charge on any atom is -0.490 e. The number of aryl methyl sites for hydroxylation is 2. The number of para-hydroxylation sites is 1. The van der Waals surface area contributed by atoms with Crippen molar-refractivity contribution in [2.24, 2.45) is 0 Å². The lowest BCUT2D eigenvalue weighted by Crippen LogP contribution is -2.56. The van der Waals surface area contributed by atoms with E-state index in [1.807, 2.05) is 32.0 Å². The summed E-state index contributed by atoms with van der Waals surface area (Å²) >= 11 is 0. The molecule has 0 saturated heterocycles. The lowest BCUT2D eigenvalue weighted by atomic mass is 9.77. The highest BCUT2D eigenvalue weighted by molar-refractivity contribution is 5.39. The fourth-order valence-electron chi connectivity index (χ4n) is 2.59. The monoisotopic (exact) mass is 279 g/mol. The molecule has 0 spiro atoms. The van der Waals surface area contributed by atoms with Crippen LogP contribution < -0.4 is 10.1 Å². The molecule has 0 amide bonds. The Hall–Kier alpha value is -1.10. The van der Waals surface area contributed by atoms with Crippen LogP contribution in [0.2, 0.25) is 0 Å². The first-order valence-electron chi connectivity index (χ1n) is 7.29. The lowest BCUT2D eigenvalue weighted by molar-refractivity contribution is 0.0538. The van der Waals surface area contributed by atoms with Crippen molar-refractivity contribution in [3.8, 4) is 5.75 Å². The van der Waals surface area contributed by atoms with E-state index in [0.717, 1.165) is 36.1 Å². The van der Waals surface area contributed by atoms with Crippen molar-refractivity contribution in [3.63, 3.8) is 0 Å². The van der Waals surface area contributed by atoms with E-state index in [4.69, 9.17) is 4.74 Å². The van der Waals surface area contributed by atoms with Crippen molar-refractivity contribution in [2.75, 3.05) is 19.8 Å². The third kappa shape index (κ3) is 3.51. The van der Waals surface area contributed by atoms with E-state index in [1.54, 1.807) is 0 Å². The quantitative estimate of drug-likeness (QED) is 0.708. The molecule has 112 valence electrons. The Balaban J connectivity index is 1.79. The van der Waals surface area contributed by atoms with Gasteiger partial charge in [-0.1, -0.05) is 18.2 Å². The number of aliphatic hydroxyl groups is 2. The van der Waals surface area contributed by atoms with Crippen LogP contribution in [0.3, 0.4) is 0 Å². The van der Waals surface area contributed by atoms with E-state index in [0.29, 0.717) is 6.54 Å². The minimum atomic E-state index is -0.571. The summed E-state index contributed by atoms with van der Waals surface area (Å²) in [5.74, 6) is 0.854. The Morgan fingerprint density at radius 1 is 1.30 bits per heavy atom. The molecule has 0 aromatic heterocycles. The molecule has 0 radical (unpaired) electrons. The van der Waals surface area contributed by atoms with Gasteiger partial charge in [-0.3, -0.25) is 0 Å². The maximum Gasteiger partial charge on any atom is 0.125 e. The second-order valence-electron chi connectivity index (χ2n) is 5.86. The van der Waals surface area contributed by atoms with Crippen molar-refractivity contribution < 1.29 is 14.9 Å². The molecule has 3 N–H and O–H groups in total. The predicted molar refractivity (Wildman–Crippen MR) is 79.1 cm³/mol. The molecule has 0 bridgehead atoms. The molecule has 0 heterocycles. The van der Waals surface area contributed by atoms with E-state index < -0.39 is 6.10 Å². The van der Waals surface area contributed by atoms with E-state index in [2.05, 4.69) is 5.32 Å². The summed E-state index contributed by atoms with van der Waals surface area (Å²) in [6.45, 7) is 4.85. The van der Waals surface area contributed by atoms with Crippen LogP contribution >= 0.6 is 0 Å². The van der Waals surface area contributed by atoms with E-state index >= 15 is 0 Å². The van der Waals surface area contributed by atoms with E-state index in [9.17, 15) is 10.2 Å². The van der Waals surface area contributed by atoms with Gasteiger partial charge in [0, 0.05) is 12.1 Å². The standard InChI is InChI=1S/C16H25NO3/c1-12-5-3-6-13(2)15(12)20-10-14(19)9-17-16(11-18)7-4-8-16/h3,5-6,14,17-19H,4,7-11H2,1-2H3. The molecule has 1 atom stereocenters. The Morgan fingerprint density at radius 3 is 2.45 bits per heavy atom. The van der Waals surface area contributed by atoms with Gasteiger partial charge in [0.25, 0.3) is 0 Å². The van der Waals surface area contributed by atoms with Crippen LogP contribution in [0.15, 0.2) is 18.2 Å². The van der Waals surface area contributed by atoms with Crippen molar-refractivity contribution in [1.29, 1.82) is 0 Å². The number of hydrogen-bond acceptors (Lipinski definition) is 4. The highest BCUT2D eigenvalue weighted by atomic mass is 16.5. The Kier molecular flexibility index (Phi) is 5.02. The van der Waals surface area contributed by atoms with Gasteiger partial charge < -0.3 is 20.3 Å². The number of rotatable bonds is 7. The molecule has 1 aromatic rings. The van der Waals surface area contributed by atoms with Crippen LogP contribution in [0, 0.1) is 13.8 Å². The number of benzene rings is 1. The van der Waals surface area contributed by atoms with Crippen LogP contribution in [-0.4, -0.2) is 41.6 Å². The number of ether oxygens (including phenoxy) is 1. The highest BCUT2D eigenvalue weighted by Gasteiger charge is 2.35. The average Bonchev–Trinajstić information content (AvgIpc) is 2.37. The second-order valence-corrected chi connectivity index (χ2v) is 5.86. The molecule has 1 unspecified atom stereocenters. The molecule has 1 aromatic carbocycles. The molecule has 20 heavy (non-hydrogen) atoms. The number of hydrogen-bond donors (Lipinski definition) is 3. The van der Waals surface area contributed by atoms with Gasteiger partial charge in [0.2, 0.25) is 0 Å². The van der Waals surface area contributed by atoms with E-state index in [-0.39, 0.29) is 18.8 Å². The average molecular weight is 279 g/mol. The fraction of sp³-hybridized carbons (Fsp3) is 0.625. The molecule has 2 rings (SSSR count). The van der Waals surface area contributed by atoms with Gasteiger partial charge in [0.15, 0.2) is 0 Å². The van der Waals surface area contributed by atoms with Crippen molar-refractivity contribution >= 4 is 0 Å². The maximum atomic E-state index is 10.0. The third-order valence-electron chi connectivity index (χ3n) is 4.15. The van der Waals surface area contributed by atoms with Crippen LogP contribution in [0.25, 0.3) is 0 Å². The molecule has 1 fully saturated rings. The summed E-state index contributed by atoms with van der Waals surface area (Å²) in [5, 5.41) is 22.6. The number of aliphatic hydroxyl groups excluding tert-OH is 2. The minimum absolute atomic E-state index is 0.136. The van der Waals surface area contributed by atoms with Crippen LogP contribution in [0.1, 0.15) is 30.4 Å².